The van der Waals surface area contributed by atoms with Crippen LogP contribution in [0.2, 0.25) is 0 Å². The molecular formula is C18H24N3O. The zero-order valence-corrected chi connectivity index (χ0v) is 13.5. The van der Waals surface area contributed by atoms with Gasteiger partial charge in [-0.05, 0) is 44.1 Å². The van der Waals surface area contributed by atoms with E-state index >= 15 is 0 Å². The monoisotopic (exact) mass is 298 g/mol. The van der Waals surface area contributed by atoms with Crippen molar-refractivity contribution in [2.24, 2.45) is 0 Å². The van der Waals surface area contributed by atoms with Crippen LogP contribution in [-0.4, -0.2) is 42.1 Å². The molecule has 2 aromatic rings. The van der Waals surface area contributed by atoms with Crippen molar-refractivity contribution in [3.05, 3.63) is 30.5 Å². The fourth-order valence-electron chi connectivity index (χ4n) is 3.61. The smallest absolute Gasteiger partial charge is 0.204 e. The van der Waals surface area contributed by atoms with E-state index < -0.39 is 0 Å². The molecule has 1 aromatic carbocycles. The van der Waals surface area contributed by atoms with Crippen molar-refractivity contribution in [2.75, 3.05) is 31.1 Å². The number of pyridine rings is 1. The van der Waals surface area contributed by atoms with Crippen LogP contribution in [-0.2, 0) is 5.11 Å². The highest BCUT2D eigenvalue weighted by Gasteiger charge is 2.26. The summed E-state index contributed by atoms with van der Waals surface area (Å²) in [5.74, 6) is 0.0903. The van der Waals surface area contributed by atoms with Crippen LogP contribution in [0.3, 0.4) is 0 Å². The van der Waals surface area contributed by atoms with Crippen molar-refractivity contribution in [1.29, 1.82) is 0 Å². The van der Waals surface area contributed by atoms with Crippen LogP contribution in [0.1, 0.15) is 26.7 Å². The second kappa shape index (κ2) is 6.53. The van der Waals surface area contributed by atoms with Crippen molar-refractivity contribution in [3.8, 4) is 5.75 Å². The van der Waals surface area contributed by atoms with Gasteiger partial charge in [-0.25, -0.2) is 0 Å². The summed E-state index contributed by atoms with van der Waals surface area (Å²) in [7, 11) is 0. The summed E-state index contributed by atoms with van der Waals surface area (Å²) in [4.78, 5) is 9.21. The Morgan fingerprint density at radius 3 is 2.59 bits per heavy atom. The van der Waals surface area contributed by atoms with E-state index in [9.17, 15) is 5.11 Å². The van der Waals surface area contributed by atoms with E-state index in [1.807, 2.05) is 18.2 Å². The van der Waals surface area contributed by atoms with Crippen molar-refractivity contribution in [3.63, 3.8) is 0 Å². The molecule has 0 spiro atoms. The van der Waals surface area contributed by atoms with Gasteiger partial charge in [0, 0.05) is 30.7 Å². The van der Waals surface area contributed by atoms with Gasteiger partial charge in [0.25, 0.3) is 0 Å². The van der Waals surface area contributed by atoms with Gasteiger partial charge in [0.15, 0.2) is 0 Å². The number of nitrogens with zero attached hydrogens (tertiary/aromatic N) is 3. The predicted molar refractivity (Wildman–Crippen MR) is 90.0 cm³/mol. The molecule has 0 bridgehead atoms. The Kier molecular flexibility index (Phi) is 4.48. The highest BCUT2D eigenvalue weighted by atomic mass is 16.3. The molecule has 22 heavy (non-hydrogen) atoms. The highest BCUT2D eigenvalue weighted by molar-refractivity contribution is 5.94. The Labute approximate surface area is 132 Å². The molecule has 1 aliphatic heterocycles. The molecule has 1 aliphatic rings. The normalized spacial score (nSPS) is 16.6. The number of hydrogen-bond donors (Lipinski definition) is 0. The van der Waals surface area contributed by atoms with E-state index in [2.05, 4.69) is 28.6 Å². The minimum atomic E-state index is 0.0903. The number of fused-ring (bicyclic) bond motifs is 1. The van der Waals surface area contributed by atoms with Crippen LogP contribution >= 0.6 is 0 Å². The topological polar surface area (TPSA) is 39.3 Å². The Morgan fingerprint density at radius 2 is 1.91 bits per heavy atom. The Bertz CT molecular complexity index is 631. The third-order valence-electron chi connectivity index (χ3n) is 4.82. The molecule has 2 heterocycles. The minimum Gasteiger partial charge on any atom is -0.366 e. The maximum atomic E-state index is 12.4. The summed E-state index contributed by atoms with van der Waals surface area (Å²) in [5, 5.41) is 13.4. The summed E-state index contributed by atoms with van der Waals surface area (Å²) < 4.78 is 0. The van der Waals surface area contributed by atoms with E-state index in [1.165, 1.54) is 0 Å². The van der Waals surface area contributed by atoms with Gasteiger partial charge in [-0.15, -0.1) is 0 Å². The van der Waals surface area contributed by atoms with Gasteiger partial charge in [0.1, 0.15) is 5.69 Å². The van der Waals surface area contributed by atoms with Crippen LogP contribution in [0.25, 0.3) is 10.9 Å². The van der Waals surface area contributed by atoms with Gasteiger partial charge >= 0.3 is 0 Å². The first-order chi connectivity index (χ1) is 10.7. The summed E-state index contributed by atoms with van der Waals surface area (Å²) in [6, 6.07) is 8.13. The molecule has 0 unspecified atom stereocenters. The Hall–Kier alpha value is -1.81. The number of benzene rings is 1. The fraction of sp³-hybridized carbons (Fsp3) is 0.500. The molecule has 1 radical (unpaired) electrons. The summed E-state index contributed by atoms with van der Waals surface area (Å²) in [6.45, 7) is 8.52. The lowest BCUT2D eigenvalue weighted by atomic mass is 10.0. The number of hydrogen-bond acceptors (Lipinski definition) is 3. The molecule has 0 atom stereocenters. The largest absolute Gasteiger partial charge is 0.366 e. The molecule has 1 saturated heterocycles. The van der Waals surface area contributed by atoms with E-state index in [0.29, 0.717) is 6.04 Å². The second-order valence-corrected chi connectivity index (χ2v) is 5.93. The zero-order chi connectivity index (χ0) is 15.5. The van der Waals surface area contributed by atoms with Crippen LogP contribution in [0, 0.1) is 0 Å². The fourth-order valence-corrected chi connectivity index (χ4v) is 3.61. The van der Waals surface area contributed by atoms with E-state index in [1.54, 1.807) is 12.3 Å². The van der Waals surface area contributed by atoms with Gasteiger partial charge in [-0.2, -0.15) is 0 Å². The predicted octanol–water partition coefficient (Wildman–Crippen LogP) is 3.69. The van der Waals surface area contributed by atoms with Gasteiger partial charge in [0.2, 0.25) is 5.75 Å². The van der Waals surface area contributed by atoms with Crippen LogP contribution in [0.5, 0.6) is 5.75 Å². The molecule has 1 aromatic heterocycles. The highest BCUT2D eigenvalue weighted by Crippen LogP contribution is 2.36. The van der Waals surface area contributed by atoms with Crippen molar-refractivity contribution < 1.29 is 5.11 Å². The first kappa shape index (κ1) is 15.1. The zero-order valence-electron chi connectivity index (χ0n) is 13.5. The summed E-state index contributed by atoms with van der Waals surface area (Å²) >= 11 is 0. The summed E-state index contributed by atoms with van der Waals surface area (Å²) in [5.41, 5.74) is 1.63. The third-order valence-corrected chi connectivity index (χ3v) is 4.82. The van der Waals surface area contributed by atoms with Crippen molar-refractivity contribution >= 4 is 16.6 Å². The first-order valence-electron chi connectivity index (χ1n) is 8.28. The van der Waals surface area contributed by atoms with Gasteiger partial charge in [-0.1, -0.05) is 19.9 Å². The lowest BCUT2D eigenvalue weighted by Crippen LogP contribution is -2.44. The Morgan fingerprint density at radius 1 is 1.18 bits per heavy atom. The maximum absolute atomic E-state index is 12.4. The van der Waals surface area contributed by atoms with E-state index in [0.717, 1.165) is 55.6 Å². The molecule has 4 heteroatoms. The number of piperidine rings is 1. The summed E-state index contributed by atoms with van der Waals surface area (Å²) in [6.07, 6.45) is 4.00. The molecule has 117 valence electrons. The molecule has 4 nitrogen and oxygen atoms in total. The first-order valence-corrected chi connectivity index (χ1v) is 8.28. The van der Waals surface area contributed by atoms with Crippen molar-refractivity contribution in [1.82, 2.24) is 9.88 Å². The molecule has 0 aliphatic carbocycles. The van der Waals surface area contributed by atoms with Crippen LogP contribution < -0.4 is 4.90 Å². The van der Waals surface area contributed by atoms with Crippen LogP contribution in [0.15, 0.2) is 30.5 Å². The maximum Gasteiger partial charge on any atom is 0.204 e. The molecule has 3 rings (SSSR count). The minimum absolute atomic E-state index is 0.0903. The number of aromatic nitrogens is 1. The second-order valence-electron chi connectivity index (χ2n) is 5.93. The van der Waals surface area contributed by atoms with Gasteiger partial charge in [0.05, 0.1) is 5.52 Å². The molecule has 0 amide bonds. The Balaban J connectivity index is 1.83. The standard InChI is InChI=1S/C18H24N3O/c1-3-20(4-2)15-9-12-21(13-10-15)18-16(22)8-7-14-6-5-11-19-17(14)18/h5-8,11,15H,3-4,9-10,12-13H2,1-2H3. The lowest BCUT2D eigenvalue weighted by molar-refractivity contribution is 0.186. The molecule has 0 N–H and O–H groups in total. The lowest BCUT2D eigenvalue weighted by Gasteiger charge is -2.38. The van der Waals surface area contributed by atoms with Crippen molar-refractivity contribution in [2.45, 2.75) is 32.7 Å². The van der Waals surface area contributed by atoms with Gasteiger partial charge in [-0.3, -0.25) is 10.1 Å². The number of rotatable bonds is 4. The molecule has 0 saturated carbocycles. The average Bonchev–Trinajstić information content (AvgIpc) is 2.57. The number of anilines is 1. The average molecular weight is 298 g/mol. The SMILES string of the molecule is CCN(CC)C1CCN(c2c([O])ccc3cccnc23)CC1. The molecular weight excluding hydrogens is 274 g/mol. The quantitative estimate of drug-likeness (QED) is 0.864. The van der Waals surface area contributed by atoms with Crippen LogP contribution in [0.4, 0.5) is 5.69 Å². The van der Waals surface area contributed by atoms with E-state index in [4.69, 9.17) is 0 Å². The third kappa shape index (κ3) is 2.75. The van der Waals surface area contributed by atoms with E-state index in [-0.39, 0.29) is 5.75 Å². The molecule has 1 fully saturated rings. The van der Waals surface area contributed by atoms with Gasteiger partial charge < -0.3 is 9.80 Å².